The second kappa shape index (κ2) is 6.22. The third-order valence-corrected chi connectivity index (χ3v) is 2.57. The fourth-order valence-electron chi connectivity index (χ4n) is 1.52. The van der Waals surface area contributed by atoms with E-state index in [1.807, 2.05) is 0 Å². The number of benzene rings is 2. The number of amides is 1. The molecule has 0 aliphatic heterocycles. The Balaban J connectivity index is 2.13. The summed E-state index contributed by atoms with van der Waals surface area (Å²) in [6.45, 7) is -0.0562. The van der Waals surface area contributed by atoms with Gasteiger partial charge in [-0.05, 0) is 30.3 Å². The van der Waals surface area contributed by atoms with Gasteiger partial charge in [0, 0.05) is 16.8 Å². The fourth-order valence-corrected chi connectivity index (χ4v) is 1.70. The van der Waals surface area contributed by atoms with Gasteiger partial charge in [-0.25, -0.2) is 0 Å². The first-order valence-electron chi connectivity index (χ1n) is 5.71. The SMILES string of the molecule is NCC(=O)Nc1cccc(Oc2cccc(Cl)c2)c1. The first-order valence-corrected chi connectivity index (χ1v) is 6.08. The van der Waals surface area contributed by atoms with Gasteiger partial charge in [0.2, 0.25) is 5.91 Å². The van der Waals surface area contributed by atoms with E-state index in [4.69, 9.17) is 22.1 Å². The minimum atomic E-state index is -0.250. The topological polar surface area (TPSA) is 64.4 Å². The average Bonchev–Trinajstić information content (AvgIpc) is 2.39. The summed E-state index contributed by atoms with van der Waals surface area (Å²) in [6.07, 6.45) is 0. The quantitative estimate of drug-likeness (QED) is 0.902. The van der Waals surface area contributed by atoms with Gasteiger partial charge < -0.3 is 15.8 Å². The Morgan fingerprint density at radius 3 is 2.53 bits per heavy atom. The van der Waals surface area contributed by atoms with Gasteiger partial charge in [0.1, 0.15) is 11.5 Å². The molecule has 0 saturated heterocycles. The van der Waals surface area contributed by atoms with Gasteiger partial charge in [0.05, 0.1) is 6.54 Å². The molecule has 0 spiro atoms. The zero-order valence-electron chi connectivity index (χ0n) is 10.1. The van der Waals surface area contributed by atoms with Crippen LogP contribution < -0.4 is 15.8 Å². The van der Waals surface area contributed by atoms with E-state index in [1.54, 1.807) is 48.5 Å². The van der Waals surface area contributed by atoms with E-state index in [0.29, 0.717) is 22.2 Å². The van der Waals surface area contributed by atoms with Crippen molar-refractivity contribution in [2.75, 3.05) is 11.9 Å². The molecule has 0 saturated carbocycles. The first-order chi connectivity index (χ1) is 9.17. The number of hydrogen-bond donors (Lipinski definition) is 2. The number of hydrogen-bond acceptors (Lipinski definition) is 3. The minimum absolute atomic E-state index is 0.0562. The summed E-state index contributed by atoms with van der Waals surface area (Å²) in [5.74, 6) is 0.992. The number of rotatable bonds is 4. The number of carbonyl (C=O) groups is 1. The van der Waals surface area contributed by atoms with Gasteiger partial charge in [-0.3, -0.25) is 4.79 Å². The normalized spacial score (nSPS) is 10.0. The van der Waals surface area contributed by atoms with Gasteiger partial charge >= 0.3 is 0 Å². The lowest BCUT2D eigenvalue weighted by atomic mass is 10.3. The van der Waals surface area contributed by atoms with Crippen LogP contribution in [0.15, 0.2) is 48.5 Å². The Labute approximate surface area is 116 Å². The predicted octanol–water partition coefficient (Wildman–Crippen LogP) is 3.03. The van der Waals surface area contributed by atoms with Crippen LogP contribution in [0.2, 0.25) is 5.02 Å². The molecule has 0 bridgehead atoms. The molecule has 0 aliphatic carbocycles. The van der Waals surface area contributed by atoms with E-state index >= 15 is 0 Å². The summed E-state index contributed by atoms with van der Waals surface area (Å²) in [4.78, 5) is 11.2. The molecule has 0 radical (unpaired) electrons. The Hall–Kier alpha value is -2.04. The average molecular weight is 277 g/mol. The van der Waals surface area contributed by atoms with Gasteiger partial charge in [-0.1, -0.05) is 23.7 Å². The highest BCUT2D eigenvalue weighted by atomic mass is 35.5. The van der Waals surface area contributed by atoms with Crippen LogP contribution in [0.5, 0.6) is 11.5 Å². The molecule has 5 heteroatoms. The predicted molar refractivity (Wildman–Crippen MR) is 75.7 cm³/mol. The molecule has 0 aliphatic rings. The Morgan fingerprint density at radius 2 is 1.84 bits per heavy atom. The maximum atomic E-state index is 11.2. The molecular formula is C14H13ClN2O2. The summed E-state index contributed by atoms with van der Waals surface area (Å²) in [5, 5.41) is 3.26. The summed E-state index contributed by atoms with van der Waals surface area (Å²) in [5.41, 5.74) is 5.87. The van der Waals surface area contributed by atoms with Crippen molar-refractivity contribution in [1.82, 2.24) is 0 Å². The standard InChI is InChI=1S/C14H13ClN2O2/c15-10-3-1-5-12(7-10)19-13-6-2-4-11(8-13)17-14(18)9-16/h1-8H,9,16H2,(H,17,18). The molecule has 0 atom stereocenters. The van der Waals surface area contributed by atoms with E-state index < -0.39 is 0 Å². The molecule has 1 amide bonds. The van der Waals surface area contributed by atoms with Gasteiger partial charge in [0.15, 0.2) is 0 Å². The molecule has 0 heterocycles. The zero-order chi connectivity index (χ0) is 13.7. The van der Waals surface area contributed by atoms with Crippen molar-refractivity contribution in [3.8, 4) is 11.5 Å². The van der Waals surface area contributed by atoms with Crippen molar-refractivity contribution in [2.24, 2.45) is 5.73 Å². The molecule has 2 rings (SSSR count). The molecule has 2 aromatic rings. The molecule has 0 fully saturated rings. The van der Waals surface area contributed by atoms with Crippen LogP contribution in [0.1, 0.15) is 0 Å². The Bertz CT molecular complexity index is 587. The van der Waals surface area contributed by atoms with Crippen LogP contribution in [-0.4, -0.2) is 12.5 Å². The van der Waals surface area contributed by atoms with Crippen molar-refractivity contribution in [2.45, 2.75) is 0 Å². The summed E-state index contributed by atoms with van der Waals surface area (Å²) in [7, 11) is 0. The van der Waals surface area contributed by atoms with E-state index in [-0.39, 0.29) is 12.5 Å². The molecular weight excluding hydrogens is 264 g/mol. The molecule has 98 valence electrons. The summed E-state index contributed by atoms with van der Waals surface area (Å²) < 4.78 is 5.65. The summed E-state index contributed by atoms with van der Waals surface area (Å²) in [6, 6.07) is 14.1. The number of carbonyl (C=O) groups excluding carboxylic acids is 1. The highest BCUT2D eigenvalue weighted by molar-refractivity contribution is 6.30. The van der Waals surface area contributed by atoms with Crippen LogP contribution in [-0.2, 0) is 4.79 Å². The second-order valence-corrected chi connectivity index (χ2v) is 4.28. The Kier molecular flexibility index (Phi) is 4.39. The molecule has 0 unspecified atom stereocenters. The van der Waals surface area contributed by atoms with Crippen LogP contribution in [0.3, 0.4) is 0 Å². The van der Waals surface area contributed by atoms with Crippen molar-refractivity contribution >= 4 is 23.2 Å². The van der Waals surface area contributed by atoms with Gasteiger partial charge in [-0.15, -0.1) is 0 Å². The zero-order valence-corrected chi connectivity index (χ0v) is 10.9. The lowest BCUT2D eigenvalue weighted by Crippen LogP contribution is -2.21. The first kappa shape index (κ1) is 13.4. The maximum Gasteiger partial charge on any atom is 0.238 e. The van der Waals surface area contributed by atoms with Crippen LogP contribution in [0.25, 0.3) is 0 Å². The number of ether oxygens (including phenoxy) is 1. The fraction of sp³-hybridized carbons (Fsp3) is 0.0714. The summed E-state index contributed by atoms with van der Waals surface area (Å²) >= 11 is 5.88. The lowest BCUT2D eigenvalue weighted by Gasteiger charge is -2.08. The van der Waals surface area contributed by atoms with Crippen LogP contribution in [0.4, 0.5) is 5.69 Å². The third kappa shape index (κ3) is 3.98. The Morgan fingerprint density at radius 1 is 1.16 bits per heavy atom. The van der Waals surface area contributed by atoms with E-state index in [1.165, 1.54) is 0 Å². The van der Waals surface area contributed by atoms with E-state index in [9.17, 15) is 4.79 Å². The highest BCUT2D eigenvalue weighted by Gasteiger charge is 2.02. The second-order valence-electron chi connectivity index (χ2n) is 3.84. The monoisotopic (exact) mass is 276 g/mol. The molecule has 0 aromatic heterocycles. The van der Waals surface area contributed by atoms with Crippen LogP contribution >= 0.6 is 11.6 Å². The maximum absolute atomic E-state index is 11.2. The van der Waals surface area contributed by atoms with Crippen molar-refractivity contribution in [3.63, 3.8) is 0 Å². The lowest BCUT2D eigenvalue weighted by molar-refractivity contribution is -0.114. The van der Waals surface area contributed by atoms with Crippen molar-refractivity contribution in [3.05, 3.63) is 53.6 Å². The minimum Gasteiger partial charge on any atom is -0.457 e. The molecule has 3 N–H and O–H groups in total. The number of halogens is 1. The van der Waals surface area contributed by atoms with E-state index in [2.05, 4.69) is 5.32 Å². The largest absolute Gasteiger partial charge is 0.457 e. The van der Waals surface area contributed by atoms with Gasteiger partial charge in [-0.2, -0.15) is 0 Å². The number of nitrogens with one attached hydrogen (secondary N) is 1. The number of anilines is 1. The van der Waals surface area contributed by atoms with Crippen molar-refractivity contribution < 1.29 is 9.53 Å². The highest BCUT2D eigenvalue weighted by Crippen LogP contribution is 2.26. The molecule has 19 heavy (non-hydrogen) atoms. The smallest absolute Gasteiger partial charge is 0.238 e. The van der Waals surface area contributed by atoms with E-state index in [0.717, 1.165) is 0 Å². The molecule has 4 nitrogen and oxygen atoms in total. The van der Waals surface area contributed by atoms with Gasteiger partial charge in [0.25, 0.3) is 0 Å². The van der Waals surface area contributed by atoms with Crippen molar-refractivity contribution in [1.29, 1.82) is 0 Å². The third-order valence-electron chi connectivity index (χ3n) is 2.33. The molecule has 2 aromatic carbocycles. The number of nitrogens with two attached hydrogens (primary N) is 1. The van der Waals surface area contributed by atoms with Crippen LogP contribution in [0, 0.1) is 0 Å².